The Kier molecular flexibility index (Phi) is 5.12. The van der Waals surface area contributed by atoms with Gasteiger partial charge < -0.3 is 10.4 Å². The maximum Gasteiger partial charge on any atom is 0.329 e. The fourth-order valence-corrected chi connectivity index (χ4v) is 3.41. The Morgan fingerprint density at radius 3 is 2.52 bits per heavy atom. The topological polar surface area (TPSA) is 84.2 Å². The van der Waals surface area contributed by atoms with Gasteiger partial charge in [0.15, 0.2) is 0 Å². The molecule has 0 aliphatic heterocycles. The number of hydrogen-bond donors (Lipinski definition) is 2. The molecule has 0 radical (unpaired) electrons. The van der Waals surface area contributed by atoms with E-state index in [9.17, 15) is 14.7 Å². The van der Waals surface area contributed by atoms with E-state index in [2.05, 4.69) is 17.3 Å². The van der Waals surface area contributed by atoms with Gasteiger partial charge in [-0.15, -0.1) is 0 Å². The summed E-state index contributed by atoms with van der Waals surface area (Å²) < 4.78 is 1.82. The largest absolute Gasteiger partial charge is 0.480 e. The first-order valence-corrected chi connectivity index (χ1v) is 8.30. The lowest BCUT2D eigenvalue weighted by Crippen LogP contribution is -2.56. The summed E-state index contributed by atoms with van der Waals surface area (Å²) in [5.74, 6) is -0.619. The summed E-state index contributed by atoms with van der Waals surface area (Å²) in [4.78, 5) is 24.1. The van der Waals surface area contributed by atoms with Crippen molar-refractivity contribution >= 4 is 11.9 Å². The summed E-state index contributed by atoms with van der Waals surface area (Å²) in [6, 6.07) is 1.87. The van der Waals surface area contributed by atoms with Crippen molar-refractivity contribution in [3.8, 4) is 0 Å². The van der Waals surface area contributed by atoms with Gasteiger partial charge in [-0.1, -0.05) is 6.92 Å². The molecule has 6 heteroatoms. The van der Waals surface area contributed by atoms with E-state index in [0.29, 0.717) is 18.8 Å². The first-order valence-electron chi connectivity index (χ1n) is 8.30. The molecule has 1 aromatic heterocycles. The number of carbonyl (C=O) groups is 2. The highest BCUT2D eigenvalue weighted by Gasteiger charge is 2.42. The van der Waals surface area contributed by atoms with Gasteiger partial charge in [0.25, 0.3) is 0 Å². The Morgan fingerprint density at radius 1 is 1.43 bits per heavy atom. The number of aliphatic carboxylic acids is 1. The molecule has 0 saturated heterocycles. The average molecular weight is 321 g/mol. The lowest BCUT2D eigenvalue weighted by atomic mass is 9.77. The van der Waals surface area contributed by atoms with Gasteiger partial charge in [0.2, 0.25) is 5.91 Å². The van der Waals surface area contributed by atoms with Crippen LogP contribution in [-0.4, -0.2) is 32.3 Å². The quantitative estimate of drug-likeness (QED) is 0.873. The van der Waals surface area contributed by atoms with E-state index in [4.69, 9.17) is 0 Å². The smallest absolute Gasteiger partial charge is 0.329 e. The molecule has 2 N–H and O–H groups in total. The molecule has 1 aliphatic rings. The molecule has 23 heavy (non-hydrogen) atoms. The number of hydrogen-bond acceptors (Lipinski definition) is 3. The number of amides is 1. The van der Waals surface area contributed by atoms with Crippen LogP contribution in [0.15, 0.2) is 6.07 Å². The molecule has 0 aromatic carbocycles. The van der Waals surface area contributed by atoms with Crippen molar-refractivity contribution in [1.29, 1.82) is 0 Å². The molecule has 1 amide bonds. The minimum atomic E-state index is -1.10. The van der Waals surface area contributed by atoms with Gasteiger partial charge in [0.05, 0.1) is 11.7 Å². The van der Waals surface area contributed by atoms with Crippen LogP contribution in [0.5, 0.6) is 0 Å². The van der Waals surface area contributed by atoms with Crippen molar-refractivity contribution in [2.75, 3.05) is 0 Å². The molecule has 1 atom stereocenters. The minimum Gasteiger partial charge on any atom is -0.480 e. The third kappa shape index (κ3) is 3.92. The second-order valence-electron chi connectivity index (χ2n) is 7.04. The van der Waals surface area contributed by atoms with Crippen molar-refractivity contribution in [3.05, 3.63) is 17.5 Å². The zero-order valence-electron chi connectivity index (χ0n) is 14.4. The number of carboxylic acid groups (broad SMARTS) is 1. The molecule has 1 aromatic rings. The number of rotatable bonds is 5. The zero-order valence-corrected chi connectivity index (χ0v) is 14.4. The lowest BCUT2D eigenvalue weighted by Gasteiger charge is -2.36. The maximum atomic E-state index is 12.4. The number of carboxylic acids is 1. The summed E-state index contributed by atoms with van der Waals surface area (Å²) in [6.07, 6.45) is 2.90. The molecule has 2 rings (SSSR count). The zero-order chi connectivity index (χ0) is 17.2. The SMILES string of the molecule is Cc1cc(C)n(C(C)CC(=O)NC2(C(=O)O)CCC(C)CC2)n1. The molecule has 1 aliphatic carbocycles. The van der Waals surface area contributed by atoms with E-state index >= 15 is 0 Å². The Labute approximate surface area is 137 Å². The normalized spacial score (nSPS) is 25.8. The van der Waals surface area contributed by atoms with Crippen LogP contribution in [-0.2, 0) is 9.59 Å². The van der Waals surface area contributed by atoms with Crippen LogP contribution >= 0.6 is 0 Å². The molecule has 1 unspecified atom stereocenters. The summed E-state index contributed by atoms with van der Waals surface area (Å²) >= 11 is 0. The van der Waals surface area contributed by atoms with E-state index in [1.54, 1.807) is 0 Å². The predicted molar refractivity (Wildman–Crippen MR) is 87.2 cm³/mol. The summed E-state index contributed by atoms with van der Waals surface area (Å²) in [6.45, 7) is 7.92. The van der Waals surface area contributed by atoms with Crippen LogP contribution < -0.4 is 5.32 Å². The van der Waals surface area contributed by atoms with Crippen molar-refractivity contribution in [1.82, 2.24) is 15.1 Å². The van der Waals surface area contributed by atoms with E-state index < -0.39 is 11.5 Å². The van der Waals surface area contributed by atoms with E-state index in [0.717, 1.165) is 24.2 Å². The van der Waals surface area contributed by atoms with Crippen LogP contribution in [0.3, 0.4) is 0 Å². The molecule has 1 fully saturated rings. The fraction of sp³-hybridized carbons (Fsp3) is 0.706. The first kappa shape index (κ1) is 17.5. The third-order valence-electron chi connectivity index (χ3n) is 4.86. The average Bonchev–Trinajstić information content (AvgIpc) is 2.80. The second kappa shape index (κ2) is 6.72. The molecule has 0 spiro atoms. The van der Waals surface area contributed by atoms with Gasteiger partial charge >= 0.3 is 5.97 Å². The highest BCUT2D eigenvalue weighted by Crippen LogP contribution is 2.32. The second-order valence-corrected chi connectivity index (χ2v) is 7.04. The highest BCUT2D eigenvalue weighted by molar-refractivity contribution is 5.87. The van der Waals surface area contributed by atoms with Crippen LogP contribution in [0.4, 0.5) is 0 Å². The fourth-order valence-electron chi connectivity index (χ4n) is 3.41. The van der Waals surface area contributed by atoms with Gasteiger partial charge in [0.1, 0.15) is 5.54 Å². The number of carbonyl (C=O) groups excluding carboxylic acids is 1. The molecule has 1 heterocycles. The van der Waals surface area contributed by atoms with Gasteiger partial charge in [-0.05, 0) is 58.4 Å². The maximum absolute atomic E-state index is 12.4. The number of nitrogens with zero attached hydrogens (tertiary/aromatic N) is 2. The van der Waals surface area contributed by atoms with Crippen molar-refractivity contribution in [3.63, 3.8) is 0 Å². The van der Waals surface area contributed by atoms with Crippen molar-refractivity contribution in [2.24, 2.45) is 5.92 Å². The predicted octanol–water partition coefficient (Wildman–Crippen LogP) is 2.60. The number of aromatic nitrogens is 2. The number of aryl methyl sites for hydroxylation is 2. The van der Waals surface area contributed by atoms with Gasteiger partial charge in [-0.2, -0.15) is 5.10 Å². The lowest BCUT2D eigenvalue weighted by molar-refractivity contribution is -0.149. The Bertz CT molecular complexity index is 586. The van der Waals surface area contributed by atoms with E-state index in [1.807, 2.05) is 31.5 Å². The molecule has 6 nitrogen and oxygen atoms in total. The van der Waals surface area contributed by atoms with Gasteiger partial charge in [0, 0.05) is 12.1 Å². The van der Waals surface area contributed by atoms with Gasteiger partial charge in [-0.25, -0.2) is 4.79 Å². The molecular formula is C17H27N3O3. The Hall–Kier alpha value is -1.85. The Morgan fingerprint density at radius 2 is 2.04 bits per heavy atom. The molecule has 0 bridgehead atoms. The number of nitrogens with one attached hydrogen (secondary N) is 1. The highest BCUT2D eigenvalue weighted by atomic mass is 16.4. The standard InChI is InChI=1S/C17H27N3O3/c1-11-5-7-17(8-6-11,16(22)23)18-15(21)10-14(4)20-13(3)9-12(2)19-20/h9,11,14H,5-8,10H2,1-4H3,(H,18,21)(H,22,23). The van der Waals surface area contributed by atoms with Crippen LogP contribution in [0, 0.1) is 19.8 Å². The van der Waals surface area contributed by atoms with Crippen molar-refractivity contribution < 1.29 is 14.7 Å². The third-order valence-corrected chi connectivity index (χ3v) is 4.86. The summed E-state index contributed by atoms with van der Waals surface area (Å²) in [5, 5.41) is 16.8. The van der Waals surface area contributed by atoms with Crippen molar-refractivity contribution in [2.45, 2.75) is 71.4 Å². The van der Waals surface area contributed by atoms with E-state index in [1.165, 1.54) is 0 Å². The first-order chi connectivity index (χ1) is 10.7. The van der Waals surface area contributed by atoms with Crippen LogP contribution in [0.25, 0.3) is 0 Å². The molecular weight excluding hydrogens is 294 g/mol. The molecule has 1 saturated carbocycles. The summed E-state index contributed by atoms with van der Waals surface area (Å²) in [7, 11) is 0. The van der Waals surface area contributed by atoms with Crippen LogP contribution in [0.2, 0.25) is 0 Å². The van der Waals surface area contributed by atoms with Gasteiger partial charge in [-0.3, -0.25) is 9.48 Å². The molecule has 128 valence electrons. The Balaban J connectivity index is 2.02. The van der Waals surface area contributed by atoms with Crippen LogP contribution in [0.1, 0.15) is 63.4 Å². The minimum absolute atomic E-state index is 0.0999. The van der Waals surface area contributed by atoms with E-state index in [-0.39, 0.29) is 18.4 Å². The monoisotopic (exact) mass is 321 g/mol. The summed E-state index contributed by atoms with van der Waals surface area (Å²) in [5.41, 5.74) is 0.818.